The van der Waals surface area contributed by atoms with Crippen LogP contribution in [0.4, 0.5) is 0 Å². The average Bonchev–Trinajstić information content (AvgIpc) is 3.32. The molecule has 9 heteroatoms. The molecule has 2 bridgehead atoms. The molecule has 3 saturated heterocycles. The van der Waals surface area contributed by atoms with Crippen LogP contribution in [0.2, 0.25) is 0 Å². The molecule has 0 radical (unpaired) electrons. The maximum atomic E-state index is 14.1. The van der Waals surface area contributed by atoms with Crippen molar-refractivity contribution < 1.29 is 19.5 Å². The number of thioether (sulfide) groups is 1. The Morgan fingerprint density at radius 1 is 1.27 bits per heavy atom. The highest BCUT2D eigenvalue weighted by Gasteiger charge is 2.76. The number of likely N-dealkylation sites (tertiary alicyclic amines) is 1. The molecule has 1 spiro atoms. The highest BCUT2D eigenvalue weighted by atomic mass is 79.9. The van der Waals surface area contributed by atoms with Crippen molar-refractivity contribution in [2.24, 2.45) is 11.8 Å². The predicted molar refractivity (Wildman–Crippen MR) is 135 cm³/mol. The fourth-order valence-corrected chi connectivity index (χ4v) is 9.28. The number of nitrogens with zero attached hydrogens (tertiary/aromatic N) is 3. The Morgan fingerprint density at radius 2 is 1.91 bits per heavy atom. The number of fused-ring (bicyclic) bond motifs is 1. The predicted octanol–water partition coefficient (Wildman–Crippen LogP) is 2.29. The molecule has 3 amide bonds. The molecule has 0 aromatic heterocycles. The van der Waals surface area contributed by atoms with Gasteiger partial charge in [-0.25, -0.2) is 0 Å². The van der Waals surface area contributed by atoms with Crippen LogP contribution in [0.3, 0.4) is 0 Å². The lowest BCUT2D eigenvalue weighted by atomic mass is 9.70. The van der Waals surface area contributed by atoms with Crippen LogP contribution >= 0.6 is 27.7 Å². The van der Waals surface area contributed by atoms with E-state index in [1.807, 2.05) is 20.8 Å². The van der Waals surface area contributed by atoms with Gasteiger partial charge in [0.15, 0.2) is 0 Å². The van der Waals surface area contributed by atoms with Gasteiger partial charge in [0.1, 0.15) is 6.04 Å². The molecule has 6 atom stereocenters. The van der Waals surface area contributed by atoms with Gasteiger partial charge in [-0.1, -0.05) is 28.1 Å². The number of rotatable bonds is 9. The van der Waals surface area contributed by atoms with Gasteiger partial charge in [-0.05, 0) is 33.6 Å². The van der Waals surface area contributed by atoms with Crippen LogP contribution < -0.4 is 0 Å². The molecule has 3 rings (SSSR count). The van der Waals surface area contributed by atoms with Crippen LogP contribution in [0, 0.1) is 11.8 Å². The second kappa shape index (κ2) is 9.74. The van der Waals surface area contributed by atoms with E-state index in [-0.39, 0.29) is 41.0 Å². The minimum atomic E-state index is -0.682. The summed E-state index contributed by atoms with van der Waals surface area (Å²) in [5.41, 5.74) is -0.458. The number of alkyl halides is 1. The van der Waals surface area contributed by atoms with Crippen molar-refractivity contribution in [2.75, 3.05) is 33.3 Å². The topological polar surface area (TPSA) is 81.2 Å². The van der Waals surface area contributed by atoms with Crippen LogP contribution in [0.1, 0.15) is 33.6 Å². The van der Waals surface area contributed by atoms with Crippen LogP contribution in [0.5, 0.6) is 0 Å². The summed E-state index contributed by atoms with van der Waals surface area (Å²) in [7, 11) is 1.73. The summed E-state index contributed by atoms with van der Waals surface area (Å²) in [6.45, 7) is 14.5. The zero-order chi connectivity index (χ0) is 24.7. The van der Waals surface area contributed by atoms with Gasteiger partial charge >= 0.3 is 0 Å². The number of likely N-dealkylation sites (N-methyl/N-ethyl adjacent to an activating group) is 1. The molecule has 0 saturated carbocycles. The maximum Gasteiger partial charge on any atom is 0.247 e. The zero-order valence-corrected chi connectivity index (χ0v) is 22.4. The Labute approximate surface area is 209 Å². The van der Waals surface area contributed by atoms with E-state index in [1.54, 1.807) is 45.7 Å². The van der Waals surface area contributed by atoms with Gasteiger partial charge in [-0.15, -0.1) is 24.9 Å². The summed E-state index contributed by atoms with van der Waals surface area (Å²) in [5, 5.41) is 9.40. The lowest BCUT2D eigenvalue weighted by Crippen LogP contribution is -2.59. The normalized spacial score (nSPS) is 32.6. The molecular formula is C24H36BrN3O4S. The first-order valence-electron chi connectivity index (χ1n) is 11.5. The van der Waals surface area contributed by atoms with E-state index in [0.29, 0.717) is 25.9 Å². The van der Waals surface area contributed by atoms with Crippen molar-refractivity contribution in [3.05, 3.63) is 25.3 Å². The molecule has 3 heterocycles. The molecule has 0 aromatic rings. The summed E-state index contributed by atoms with van der Waals surface area (Å²) >= 11 is 5.41. The largest absolute Gasteiger partial charge is 0.396 e. The monoisotopic (exact) mass is 541 g/mol. The number of amides is 3. The van der Waals surface area contributed by atoms with Gasteiger partial charge in [-0.2, -0.15) is 0 Å². The zero-order valence-electron chi connectivity index (χ0n) is 20.0. The molecule has 3 aliphatic heterocycles. The smallest absolute Gasteiger partial charge is 0.247 e. The number of carbonyl (C=O) groups is 3. The second-order valence-electron chi connectivity index (χ2n) is 10.2. The number of aliphatic hydroxyl groups excluding tert-OH is 1. The van der Waals surface area contributed by atoms with Crippen LogP contribution in [-0.4, -0.2) is 97.2 Å². The SMILES string of the molecule is C=CCN(C)C(=O)[C@H]1[C@@H]2SC3(CC2Br)C(C(=O)N(CC=C)C(C)(C)C)N(CCCO)C(=O)[C@H]13. The molecule has 184 valence electrons. The number of carbonyl (C=O) groups excluding carboxylic acids is 3. The maximum absolute atomic E-state index is 14.1. The quantitative estimate of drug-likeness (QED) is 0.357. The van der Waals surface area contributed by atoms with Crippen LogP contribution in [-0.2, 0) is 14.4 Å². The van der Waals surface area contributed by atoms with E-state index >= 15 is 0 Å². The first-order valence-corrected chi connectivity index (χ1v) is 13.3. The Balaban J connectivity index is 2.09. The Hall–Kier alpha value is -1.32. The van der Waals surface area contributed by atoms with Gasteiger partial charge in [0.2, 0.25) is 17.7 Å². The number of aliphatic hydroxyl groups is 1. The van der Waals surface area contributed by atoms with E-state index in [2.05, 4.69) is 29.1 Å². The molecule has 33 heavy (non-hydrogen) atoms. The second-order valence-corrected chi connectivity index (χ2v) is 12.9. The number of hydrogen-bond acceptors (Lipinski definition) is 5. The molecule has 3 aliphatic rings. The fourth-order valence-electron chi connectivity index (χ4n) is 5.68. The third kappa shape index (κ3) is 4.29. The van der Waals surface area contributed by atoms with Crippen molar-refractivity contribution in [2.45, 2.75) is 60.0 Å². The lowest BCUT2D eigenvalue weighted by Gasteiger charge is -2.42. The molecule has 0 aliphatic carbocycles. The number of halogens is 1. The van der Waals surface area contributed by atoms with E-state index in [4.69, 9.17) is 0 Å². The third-order valence-corrected chi connectivity index (χ3v) is 10.3. The van der Waals surface area contributed by atoms with Gasteiger partial charge < -0.3 is 19.8 Å². The molecular weight excluding hydrogens is 506 g/mol. The molecule has 7 nitrogen and oxygen atoms in total. The standard InChI is InChI=1S/C24H36BrN3O4S/c1-7-10-26(6)20(30)16-17-21(31)27(12-9-13-29)19(24(17)14-15(25)18(16)33-24)22(32)28(11-8-2)23(3,4)5/h7-8,15-19,29H,1-2,9-14H2,3-6H3/t15?,16-,17+,18-,19?,24?/m1/s1. The minimum absolute atomic E-state index is 0.0354. The summed E-state index contributed by atoms with van der Waals surface area (Å²) in [4.78, 5) is 46.5. The molecule has 3 unspecified atom stereocenters. The lowest BCUT2D eigenvalue weighted by molar-refractivity contribution is -0.146. The van der Waals surface area contributed by atoms with Gasteiger partial charge in [-0.3, -0.25) is 14.4 Å². The van der Waals surface area contributed by atoms with Crippen molar-refractivity contribution in [1.29, 1.82) is 0 Å². The molecule has 1 N–H and O–H groups in total. The highest BCUT2D eigenvalue weighted by molar-refractivity contribution is 9.09. The van der Waals surface area contributed by atoms with E-state index in [1.165, 1.54) is 0 Å². The van der Waals surface area contributed by atoms with Crippen LogP contribution in [0.15, 0.2) is 25.3 Å². The average molecular weight is 543 g/mol. The van der Waals surface area contributed by atoms with Crippen molar-refractivity contribution in [3.8, 4) is 0 Å². The van der Waals surface area contributed by atoms with Crippen molar-refractivity contribution >= 4 is 45.4 Å². The summed E-state index contributed by atoms with van der Waals surface area (Å²) in [6.07, 6.45) is 4.41. The third-order valence-electron chi connectivity index (χ3n) is 7.03. The van der Waals surface area contributed by atoms with Crippen molar-refractivity contribution in [3.63, 3.8) is 0 Å². The molecule has 0 aromatic carbocycles. The van der Waals surface area contributed by atoms with E-state index in [0.717, 1.165) is 0 Å². The summed E-state index contributed by atoms with van der Waals surface area (Å²) in [6, 6.07) is -0.682. The highest BCUT2D eigenvalue weighted by Crippen LogP contribution is 2.68. The first kappa shape index (κ1) is 26.3. The Bertz CT molecular complexity index is 831. The van der Waals surface area contributed by atoms with E-state index in [9.17, 15) is 19.5 Å². The Morgan fingerprint density at radius 3 is 2.45 bits per heavy atom. The summed E-state index contributed by atoms with van der Waals surface area (Å²) in [5.74, 6) is -1.39. The van der Waals surface area contributed by atoms with Gasteiger partial charge in [0.05, 0.1) is 16.6 Å². The fraction of sp³-hybridized carbons (Fsp3) is 0.708. The van der Waals surface area contributed by atoms with Gasteiger partial charge in [0, 0.05) is 48.9 Å². The molecule has 3 fully saturated rings. The minimum Gasteiger partial charge on any atom is -0.396 e. The van der Waals surface area contributed by atoms with Crippen LogP contribution in [0.25, 0.3) is 0 Å². The van der Waals surface area contributed by atoms with Crippen molar-refractivity contribution in [1.82, 2.24) is 14.7 Å². The van der Waals surface area contributed by atoms with E-state index < -0.39 is 28.2 Å². The Kier molecular flexibility index (Phi) is 7.76. The van der Waals surface area contributed by atoms with Gasteiger partial charge in [0.25, 0.3) is 0 Å². The first-order chi connectivity index (χ1) is 15.5. The number of hydrogen-bond donors (Lipinski definition) is 1. The summed E-state index contributed by atoms with van der Waals surface area (Å²) < 4.78 is -0.678.